The van der Waals surface area contributed by atoms with Crippen LogP contribution >= 0.6 is 0 Å². The lowest BCUT2D eigenvalue weighted by atomic mass is 10.0. The van der Waals surface area contributed by atoms with Crippen molar-refractivity contribution >= 4 is 21.8 Å². The van der Waals surface area contributed by atoms with Crippen LogP contribution in [0, 0.1) is 5.92 Å². The molecule has 2 amide bonds. The Hall–Kier alpha value is -2.13. The molecule has 0 heterocycles. The van der Waals surface area contributed by atoms with Crippen molar-refractivity contribution in [3.05, 3.63) is 24.3 Å². The van der Waals surface area contributed by atoms with Gasteiger partial charge in [-0.15, -0.1) is 0 Å². The van der Waals surface area contributed by atoms with Crippen LogP contribution in [0.3, 0.4) is 0 Å². The number of benzene rings is 1. The molecule has 8 nitrogen and oxygen atoms in total. The molecule has 0 saturated heterocycles. The molecule has 0 radical (unpaired) electrons. The van der Waals surface area contributed by atoms with Gasteiger partial charge in [-0.2, -0.15) is 4.72 Å². The molecule has 1 aromatic carbocycles. The highest BCUT2D eigenvalue weighted by Gasteiger charge is 2.26. The van der Waals surface area contributed by atoms with Gasteiger partial charge in [0.2, 0.25) is 21.8 Å². The van der Waals surface area contributed by atoms with Crippen molar-refractivity contribution in [2.45, 2.75) is 44.6 Å². The van der Waals surface area contributed by atoms with E-state index in [9.17, 15) is 18.0 Å². The Bertz CT molecular complexity index is 717. The first-order chi connectivity index (χ1) is 12.7. The summed E-state index contributed by atoms with van der Waals surface area (Å²) in [7, 11) is -2.41. The van der Waals surface area contributed by atoms with Gasteiger partial charge >= 0.3 is 0 Å². The van der Waals surface area contributed by atoms with Crippen LogP contribution in [0.2, 0.25) is 0 Å². The summed E-state index contributed by atoms with van der Waals surface area (Å²) in [5, 5.41) is 5.14. The highest BCUT2D eigenvalue weighted by atomic mass is 32.2. The summed E-state index contributed by atoms with van der Waals surface area (Å²) in [6.07, 6.45) is 1.09. The molecule has 1 atom stereocenters. The first-order valence-corrected chi connectivity index (χ1v) is 10.4. The van der Waals surface area contributed by atoms with Crippen molar-refractivity contribution in [2.75, 3.05) is 20.2 Å². The first-order valence-electron chi connectivity index (χ1n) is 8.90. The van der Waals surface area contributed by atoms with Gasteiger partial charge < -0.3 is 15.4 Å². The summed E-state index contributed by atoms with van der Waals surface area (Å²) in [5.74, 6) is -0.240. The van der Waals surface area contributed by atoms with E-state index in [2.05, 4.69) is 15.4 Å². The zero-order valence-corrected chi connectivity index (χ0v) is 17.1. The van der Waals surface area contributed by atoms with Gasteiger partial charge in [-0.05, 0) is 43.0 Å². The summed E-state index contributed by atoms with van der Waals surface area (Å²) >= 11 is 0. The predicted molar refractivity (Wildman–Crippen MR) is 103 cm³/mol. The second-order valence-electron chi connectivity index (χ2n) is 6.55. The van der Waals surface area contributed by atoms with Gasteiger partial charge in [-0.3, -0.25) is 9.59 Å². The summed E-state index contributed by atoms with van der Waals surface area (Å²) in [6.45, 7) is 6.02. The molecule has 1 rings (SSSR count). The van der Waals surface area contributed by atoms with E-state index < -0.39 is 22.0 Å². The molecule has 1 aromatic rings. The fourth-order valence-corrected chi connectivity index (χ4v) is 3.52. The molecule has 152 valence electrons. The minimum atomic E-state index is -3.89. The quantitative estimate of drug-likeness (QED) is 0.514. The molecule has 3 N–H and O–H groups in total. The summed E-state index contributed by atoms with van der Waals surface area (Å²) in [5.41, 5.74) is 0. The minimum absolute atomic E-state index is 0.0329. The number of hydrogen-bond donors (Lipinski definition) is 3. The van der Waals surface area contributed by atoms with E-state index >= 15 is 0 Å². The maximum absolute atomic E-state index is 12.6. The van der Waals surface area contributed by atoms with E-state index in [1.54, 1.807) is 0 Å². The van der Waals surface area contributed by atoms with E-state index in [1.165, 1.54) is 31.4 Å². The van der Waals surface area contributed by atoms with Gasteiger partial charge in [0.05, 0.1) is 18.6 Å². The maximum atomic E-state index is 12.6. The molecular weight excluding hydrogens is 370 g/mol. The van der Waals surface area contributed by atoms with Crippen molar-refractivity contribution in [3.8, 4) is 5.75 Å². The van der Waals surface area contributed by atoms with Gasteiger partial charge in [0.25, 0.3) is 0 Å². The van der Waals surface area contributed by atoms with E-state index in [1.807, 2.05) is 20.8 Å². The normalized spacial score (nSPS) is 12.5. The molecule has 27 heavy (non-hydrogen) atoms. The van der Waals surface area contributed by atoms with E-state index in [4.69, 9.17) is 4.74 Å². The molecule has 9 heteroatoms. The summed E-state index contributed by atoms with van der Waals surface area (Å²) in [6, 6.07) is 4.90. The zero-order valence-electron chi connectivity index (χ0n) is 16.2. The second-order valence-corrected chi connectivity index (χ2v) is 8.26. The second kappa shape index (κ2) is 10.9. The Balaban J connectivity index is 2.82. The van der Waals surface area contributed by atoms with Crippen LogP contribution in [-0.2, 0) is 19.6 Å². The molecule has 0 saturated carbocycles. The lowest BCUT2D eigenvalue weighted by molar-refractivity contribution is -0.127. The van der Waals surface area contributed by atoms with E-state index in [-0.39, 0.29) is 23.3 Å². The number of sulfonamides is 1. The third kappa shape index (κ3) is 7.96. The SMILES string of the molecule is CCCNC(=O)CNC(=O)C(CC(C)C)NS(=O)(=O)c1ccc(OC)cc1. The summed E-state index contributed by atoms with van der Waals surface area (Å²) in [4.78, 5) is 24.1. The molecular formula is C18H29N3O5S. The fraction of sp³-hybridized carbons (Fsp3) is 0.556. The van der Waals surface area contributed by atoms with Gasteiger partial charge in [0.1, 0.15) is 11.8 Å². The Labute approximate surface area is 161 Å². The molecule has 0 aliphatic heterocycles. The minimum Gasteiger partial charge on any atom is -0.497 e. The number of carbonyl (C=O) groups excluding carboxylic acids is 2. The third-order valence-electron chi connectivity index (χ3n) is 3.69. The van der Waals surface area contributed by atoms with Crippen LogP contribution < -0.4 is 20.1 Å². The van der Waals surface area contributed by atoms with Crippen molar-refractivity contribution in [1.82, 2.24) is 15.4 Å². The number of nitrogens with one attached hydrogen (secondary N) is 3. The van der Waals surface area contributed by atoms with Crippen molar-refractivity contribution in [3.63, 3.8) is 0 Å². The largest absolute Gasteiger partial charge is 0.497 e. The molecule has 0 aromatic heterocycles. The Morgan fingerprint density at radius 1 is 1.11 bits per heavy atom. The standard InChI is InChI=1S/C18H29N3O5S/c1-5-10-19-17(22)12-20-18(23)16(11-13(2)3)21-27(24,25)15-8-6-14(26-4)7-9-15/h6-9,13,16,21H,5,10-12H2,1-4H3,(H,19,22)(H,20,23). The van der Waals surface area contributed by atoms with Crippen molar-refractivity contribution in [1.29, 1.82) is 0 Å². The number of rotatable bonds is 11. The molecule has 0 fully saturated rings. The smallest absolute Gasteiger partial charge is 0.241 e. The number of methoxy groups -OCH3 is 1. The van der Waals surface area contributed by atoms with Crippen LogP contribution in [0.4, 0.5) is 0 Å². The monoisotopic (exact) mass is 399 g/mol. The number of carbonyl (C=O) groups is 2. The lowest BCUT2D eigenvalue weighted by Crippen LogP contribution is -2.49. The van der Waals surface area contributed by atoms with Crippen molar-refractivity contribution < 1.29 is 22.7 Å². The Kier molecular flexibility index (Phi) is 9.23. The lowest BCUT2D eigenvalue weighted by Gasteiger charge is -2.20. The Morgan fingerprint density at radius 3 is 2.26 bits per heavy atom. The average molecular weight is 400 g/mol. The van der Waals surface area contributed by atoms with Gasteiger partial charge in [-0.25, -0.2) is 8.42 Å². The molecule has 1 unspecified atom stereocenters. The van der Waals surface area contributed by atoms with Gasteiger partial charge in [-0.1, -0.05) is 20.8 Å². The maximum Gasteiger partial charge on any atom is 0.241 e. The van der Waals surface area contributed by atoms with Crippen molar-refractivity contribution in [2.24, 2.45) is 5.92 Å². The van der Waals surface area contributed by atoms with Crippen LogP contribution in [0.5, 0.6) is 5.75 Å². The van der Waals surface area contributed by atoms with Gasteiger partial charge in [0.15, 0.2) is 0 Å². The predicted octanol–water partition coefficient (Wildman–Crippen LogP) is 1.03. The number of amides is 2. The topological polar surface area (TPSA) is 114 Å². The average Bonchev–Trinajstić information content (AvgIpc) is 2.63. The van der Waals surface area contributed by atoms with Crippen LogP contribution in [0.25, 0.3) is 0 Å². The fourth-order valence-electron chi connectivity index (χ4n) is 2.31. The highest BCUT2D eigenvalue weighted by Crippen LogP contribution is 2.16. The molecule has 0 spiro atoms. The zero-order chi connectivity index (χ0) is 20.4. The molecule has 0 aliphatic carbocycles. The van der Waals surface area contributed by atoms with Gasteiger partial charge in [0, 0.05) is 6.54 Å². The van der Waals surface area contributed by atoms with Crippen LogP contribution in [-0.4, -0.2) is 46.5 Å². The van der Waals surface area contributed by atoms with Crippen LogP contribution in [0.1, 0.15) is 33.6 Å². The highest BCUT2D eigenvalue weighted by molar-refractivity contribution is 7.89. The van der Waals surface area contributed by atoms with Crippen LogP contribution in [0.15, 0.2) is 29.2 Å². The molecule has 0 bridgehead atoms. The van der Waals surface area contributed by atoms with E-state index in [0.717, 1.165) is 6.42 Å². The third-order valence-corrected chi connectivity index (χ3v) is 5.17. The number of hydrogen-bond acceptors (Lipinski definition) is 5. The summed E-state index contributed by atoms with van der Waals surface area (Å²) < 4.78 is 32.6. The number of ether oxygens (including phenoxy) is 1. The Morgan fingerprint density at radius 2 is 1.74 bits per heavy atom. The first kappa shape index (κ1) is 22.9. The van der Waals surface area contributed by atoms with E-state index in [0.29, 0.717) is 18.7 Å². The molecule has 0 aliphatic rings.